The molecule has 0 unspecified atom stereocenters. The summed E-state index contributed by atoms with van der Waals surface area (Å²) in [5, 5.41) is 2.38. The molecule has 72 heavy (non-hydrogen) atoms. The van der Waals surface area contributed by atoms with Crippen molar-refractivity contribution in [2.24, 2.45) is 0 Å². The van der Waals surface area contributed by atoms with Crippen LogP contribution in [0.15, 0.2) is 36.4 Å². The molecule has 0 radical (unpaired) electrons. The molecule has 2 nitrogen and oxygen atoms in total. The van der Waals surface area contributed by atoms with Crippen molar-refractivity contribution in [3.8, 4) is 39.3 Å². The third-order valence-corrected chi connectivity index (χ3v) is 22.9. The molecule has 0 saturated carbocycles. The first-order valence-electron chi connectivity index (χ1n) is 29.1. The first-order chi connectivity index (χ1) is 34.8. The maximum absolute atomic E-state index is 5.53. The average Bonchev–Trinajstić information content (AvgIpc) is 4.21. The van der Waals surface area contributed by atoms with Crippen LogP contribution in [0.2, 0.25) is 0 Å². The molecule has 394 valence electrons. The molecule has 0 atom stereocenters. The lowest BCUT2D eigenvalue weighted by Crippen LogP contribution is -2.11. The van der Waals surface area contributed by atoms with E-state index >= 15 is 0 Å². The Morgan fingerprint density at radius 3 is 1.15 bits per heavy atom. The fourth-order valence-corrected chi connectivity index (χ4v) is 17.7. The summed E-state index contributed by atoms with van der Waals surface area (Å²) in [6.07, 6.45) is 36.5. The van der Waals surface area contributed by atoms with Crippen LogP contribution < -0.4 is 0 Å². The highest BCUT2D eigenvalue weighted by Crippen LogP contribution is 2.50. The highest BCUT2D eigenvalue weighted by atomic mass is 32.1. The summed E-state index contributed by atoms with van der Waals surface area (Å²) in [6.45, 7) is 23.6. The molecule has 0 spiro atoms. The second-order valence-corrected chi connectivity index (χ2v) is 29.5. The van der Waals surface area contributed by atoms with Crippen molar-refractivity contribution in [2.45, 2.75) is 260 Å². The summed E-state index contributed by atoms with van der Waals surface area (Å²) < 4.78 is 2.52. The highest BCUT2D eigenvalue weighted by molar-refractivity contribution is 7.30. The lowest BCUT2D eigenvalue weighted by atomic mass is 9.90. The second kappa shape index (κ2) is 28.3. The quantitative estimate of drug-likeness (QED) is 0.0393. The van der Waals surface area contributed by atoms with Gasteiger partial charge >= 0.3 is 0 Å². The molecule has 1 aromatic carbocycles. The number of nitrogens with zero attached hydrogens (tertiary/aromatic N) is 2. The number of hydrogen-bond donors (Lipinski definition) is 0. The third-order valence-electron chi connectivity index (χ3n) is 14.6. The highest BCUT2D eigenvalue weighted by Gasteiger charge is 2.26. The zero-order valence-electron chi connectivity index (χ0n) is 46.6. The molecule has 7 aromatic rings. The number of thiazole rings is 2. The van der Waals surface area contributed by atoms with E-state index in [1.165, 1.54) is 225 Å². The second-order valence-electron chi connectivity index (χ2n) is 23.3. The molecule has 8 heteroatoms. The van der Waals surface area contributed by atoms with Crippen molar-refractivity contribution < 1.29 is 0 Å². The van der Waals surface area contributed by atoms with Gasteiger partial charge in [-0.05, 0) is 121 Å². The van der Waals surface area contributed by atoms with Crippen LogP contribution in [-0.2, 0) is 36.5 Å². The predicted molar refractivity (Wildman–Crippen MR) is 332 cm³/mol. The SMILES string of the molecule is CCCCCCCCc1cc(-c2cc(CCCCCCCC)c(C(C)(C)C)s2)sc1-c1cc(CCCCCCCC)c(-c2nc3cc4sc(-c5sc(C(C)(C)C)cc5CCCCCCCC)nc4cc3s2)s1. The van der Waals surface area contributed by atoms with Crippen LogP contribution in [0.4, 0.5) is 0 Å². The van der Waals surface area contributed by atoms with Gasteiger partial charge in [0.2, 0.25) is 0 Å². The number of fused-ring (bicyclic) bond motifs is 2. The number of thiophene rings is 4. The molecule has 0 aliphatic carbocycles. The Bertz CT molecular complexity index is 2640. The Balaban J connectivity index is 1.21. The summed E-state index contributed by atoms with van der Waals surface area (Å²) in [5.74, 6) is 0. The van der Waals surface area contributed by atoms with Gasteiger partial charge in [-0.1, -0.05) is 198 Å². The Kier molecular flexibility index (Phi) is 22.6. The largest absolute Gasteiger partial charge is 0.235 e. The zero-order chi connectivity index (χ0) is 51.1. The van der Waals surface area contributed by atoms with Crippen molar-refractivity contribution in [2.75, 3.05) is 0 Å². The summed E-state index contributed by atoms with van der Waals surface area (Å²) in [7, 11) is 0. The average molecular weight is 1080 g/mol. The summed E-state index contributed by atoms with van der Waals surface area (Å²) in [4.78, 5) is 22.7. The molecule has 0 bridgehead atoms. The normalized spacial score (nSPS) is 12.5. The number of rotatable bonds is 32. The van der Waals surface area contributed by atoms with Crippen LogP contribution >= 0.6 is 68.0 Å². The van der Waals surface area contributed by atoms with Gasteiger partial charge < -0.3 is 0 Å². The minimum absolute atomic E-state index is 0.131. The lowest BCUT2D eigenvalue weighted by molar-refractivity contribution is 0.583. The van der Waals surface area contributed by atoms with Gasteiger partial charge in [-0.15, -0.1) is 68.0 Å². The van der Waals surface area contributed by atoms with Crippen molar-refractivity contribution in [1.29, 1.82) is 0 Å². The van der Waals surface area contributed by atoms with E-state index in [9.17, 15) is 0 Å². The van der Waals surface area contributed by atoms with Crippen LogP contribution in [0, 0.1) is 0 Å². The number of aromatic nitrogens is 2. The summed E-state index contributed by atoms with van der Waals surface area (Å²) >= 11 is 11.9. The number of benzene rings is 1. The number of hydrogen-bond acceptors (Lipinski definition) is 8. The molecule has 0 fully saturated rings. The van der Waals surface area contributed by atoms with Gasteiger partial charge in [0.25, 0.3) is 0 Å². The first kappa shape index (κ1) is 57.5. The molecule has 0 amide bonds. The molecule has 0 saturated heterocycles. The van der Waals surface area contributed by atoms with E-state index < -0.39 is 0 Å². The van der Waals surface area contributed by atoms with Gasteiger partial charge in [-0.2, -0.15) is 0 Å². The monoisotopic (exact) mass is 1080 g/mol. The Morgan fingerprint density at radius 1 is 0.333 bits per heavy atom. The minimum Gasteiger partial charge on any atom is -0.235 e. The Morgan fingerprint density at radius 2 is 0.694 bits per heavy atom. The van der Waals surface area contributed by atoms with Crippen LogP contribution in [0.5, 0.6) is 0 Å². The summed E-state index contributed by atoms with van der Waals surface area (Å²) in [6, 6.07) is 15.1. The molecule has 0 aliphatic heterocycles. The maximum Gasteiger partial charge on any atom is 0.134 e. The molecule has 0 N–H and O–H groups in total. The van der Waals surface area contributed by atoms with Gasteiger partial charge in [-0.25, -0.2) is 9.97 Å². The zero-order valence-corrected chi connectivity index (χ0v) is 51.5. The van der Waals surface area contributed by atoms with Gasteiger partial charge in [0.1, 0.15) is 10.0 Å². The molecule has 7 rings (SSSR count). The number of unbranched alkanes of at least 4 members (excludes halogenated alkanes) is 20. The Hall–Kier alpha value is -2.20. The van der Waals surface area contributed by atoms with E-state index in [0.29, 0.717) is 0 Å². The summed E-state index contributed by atoms with van der Waals surface area (Å²) in [5.41, 5.74) is 8.69. The Labute approximate surface area is 462 Å². The van der Waals surface area contributed by atoms with Gasteiger partial charge in [0, 0.05) is 29.3 Å². The topological polar surface area (TPSA) is 25.8 Å². The van der Waals surface area contributed by atoms with Crippen LogP contribution in [0.1, 0.15) is 255 Å². The van der Waals surface area contributed by atoms with E-state index in [1.807, 2.05) is 45.3 Å². The van der Waals surface area contributed by atoms with Crippen molar-refractivity contribution in [1.82, 2.24) is 9.97 Å². The molecular weight excluding hydrogens is 989 g/mol. The van der Waals surface area contributed by atoms with Gasteiger partial charge in [-0.3, -0.25) is 0 Å². The van der Waals surface area contributed by atoms with E-state index in [-0.39, 0.29) is 10.8 Å². The van der Waals surface area contributed by atoms with Crippen molar-refractivity contribution in [3.05, 3.63) is 68.4 Å². The molecule has 6 aromatic heterocycles. The molecular formula is C64H92N2S6. The smallest absolute Gasteiger partial charge is 0.134 e. The predicted octanol–water partition coefficient (Wildman–Crippen LogP) is 24.0. The fraction of sp³-hybridized carbons (Fsp3) is 0.625. The molecule has 0 aliphatic rings. The van der Waals surface area contributed by atoms with Crippen molar-refractivity contribution in [3.63, 3.8) is 0 Å². The number of aryl methyl sites for hydroxylation is 4. The van der Waals surface area contributed by atoms with Gasteiger partial charge in [0.15, 0.2) is 0 Å². The van der Waals surface area contributed by atoms with Gasteiger partial charge in [0.05, 0.1) is 30.2 Å². The van der Waals surface area contributed by atoms with Crippen LogP contribution in [-0.4, -0.2) is 9.97 Å². The van der Waals surface area contributed by atoms with Crippen molar-refractivity contribution >= 4 is 88.5 Å². The van der Waals surface area contributed by atoms with Crippen LogP contribution in [0.3, 0.4) is 0 Å². The minimum atomic E-state index is 0.131. The van der Waals surface area contributed by atoms with E-state index in [0.717, 1.165) is 30.3 Å². The first-order valence-corrected chi connectivity index (χ1v) is 33.9. The standard InChI is InChI=1S/C64H92N2S6/c1-11-15-19-23-27-31-35-45-39-53(54-41-48(60(69-54)64(8,9)10)38-34-30-26-22-18-14-4)67-57(45)55-40-46(36-32-28-24-20-16-12-2)58(68-55)61-65-49-43-52-50(44-51(49)70-61)66-62(71-52)59-47(37-33-29-25-21-17-13-3)42-56(72-59)63(5,6)7/h39-44H,11-38H2,1-10H3. The van der Waals surface area contributed by atoms with E-state index in [2.05, 4.69) is 128 Å². The van der Waals surface area contributed by atoms with Crippen LogP contribution in [0.25, 0.3) is 59.7 Å². The fourth-order valence-electron chi connectivity index (χ4n) is 10.3. The maximum atomic E-state index is 5.53. The molecule has 6 heterocycles. The third kappa shape index (κ3) is 15.9. The lowest BCUT2D eigenvalue weighted by Gasteiger charge is -2.19. The van der Waals surface area contributed by atoms with E-state index in [1.54, 1.807) is 16.0 Å². The van der Waals surface area contributed by atoms with E-state index in [4.69, 9.17) is 9.97 Å².